The molecule has 8 heteroatoms. The standard InChI is InChI=1S/C22H19Cl2N3O2S/c1-3-29-21(28)18-13(2)26-22(30-12-15-8-5-4-7-14(15)11-25)27-20(18)16-9-6-10-17(23)19(16)24/h4-10,20H,3,12H2,1-2H3,(H,26,27)/t20-/m1/s1. The maximum absolute atomic E-state index is 12.6. The number of thioether (sulfide) groups is 1. The van der Waals surface area contributed by atoms with Gasteiger partial charge in [-0.1, -0.05) is 65.3 Å². The van der Waals surface area contributed by atoms with Crippen LogP contribution in [-0.2, 0) is 15.3 Å². The number of aliphatic imine (C=N–C) groups is 1. The zero-order valence-corrected chi connectivity index (χ0v) is 18.7. The molecule has 154 valence electrons. The van der Waals surface area contributed by atoms with Gasteiger partial charge in [-0.3, -0.25) is 0 Å². The predicted molar refractivity (Wildman–Crippen MR) is 122 cm³/mol. The average Bonchev–Trinajstić information content (AvgIpc) is 2.74. The minimum atomic E-state index is -0.648. The number of hydrogen-bond donors (Lipinski definition) is 1. The van der Waals surface area contributed by atoms with Gasteiger partial charge in [-0.2, -0.15) is 5.26 Å². The third-order valence-corrected chi connectivity index (χ3v) is 6.26. The number of ether oxygens (including phenoxy) is 1. The van der Waals surface area contributed by atoms with Gasteiger partial charge in [-0.05, 0) is 31.5 Å². The van der Waals surface area contributed by atoms with Gasteiger partial charge in [-0.25, -0.2) is 9.79 Å². The number of carbonyl (C=O) groups excluding carboxylic acids is 1. The topological polar surface area (TPSA) is 74.5 Å². The number of carbonyl (C=O) groups is 1. The summed E-state index contributed by atoms with van der Waals surface area (Å²) < 4.78 is 5.24. The van der Waals surface area contributed by atoms with Gasteiger partial charge in [0.2, 0.25) is 0 Å². The number of hydrogen-bond acceptors (Lipinski definition) is 6. The molecule has 2 aromatic carbocycles. The zero-order valence-electron chi connectivity index (χ0n) is 16.4. The Morgan fingerprint density at radius 2 is 2.03 bits per heavy atom. The Kier molecular flexibility index (Phi) is 7.43. The van der Waals surface area contributed by atoms with Crippen LogP contribution in [0.1, 0.15) is 36.6 Å². The number of halogens is 2. The van der Waals surface area contributed by atoms with Crippen molar-refractivity contribution in [1.82, 2.24) is 5.32 Å². The number of amidine groups is 1. The Bertz CT molecular complexity index is 1080. The minimum absolute atomic E-state index is 0.252. The quantitative estimate of drug-likeness (QED) is 0.585. The Morgan fingerprint density at radius 3 is 2.77 bits per heavy atom. The lowest BCUT2D eigenvalue weighted by atomic mass is 9.96. The van der Waals surface area contributed by atoms with Crippen LogP contribution in [-0.4, -0.2) is 17.7 Å². The molecule has 0 fully saturated rings. The van der Waals surface area contributed by atoms with Gasteiger partial charge in [-0.15, -0.1) is 0 Å². The van der Waals surface area contributed by atoms with Gasteiger partial charge >= 0.3 is 5.97 Å². The van der Waals surface area contributed by atoms with E-state index in [1.54, 1.807) is 38.1 Å². The van der Waals surface area contributed by atoms with Gasteiger partial charge in [0.15, 0.2) is 5.17 Å². The van der Waals surface area contributed by atoms with Crippen molar-refractivity contribution in [2.24, 2.45) is 4.99 Å². The highest BCUT2D eigenvalue weighted by Gasteiger charge is 2.32. The van der Waals surface area contributed by atoms with Crippen molar-refractivity contribution < 1.29 is 9.53 Å². The van der Waals surface area contributed by atoms with Gasteiger partial charge in [0.1, 0.15) is 6.04 Å². The summed E-state index contributed by atoms with van der Waals surface area (Å²) in [4.78, 5) is 17.4. The van der Waals surface area contributed by atoms with Crippen LogP contribution in [0, 0.1) is 11.3 Å². The SMILES string of the molecule is CCOC(=O)C1=C(C)NC(SCc2ccccc2C#N)=N[C@@H]1c1cccc(Cl)c1Cl. The lowest BCUT2D eigenvalue weighted by Gasteiger charge is -2.26. The summed E-state index contributed by atoms with van der Waals surface area (Å²) in [6.07, 6.45) is 0. The molecule has 2 aromatic rings. The molecule has 1 atom stereocenters. The number of nitriles is 1. The fraction of sp³-hybridized carbons (Fsp3) is 0.227. The molecular formula is C22H19Cl2N3O2S. The Morgan fingerprint density at radius 1 is 1.27 bits per heavy atom. The van der Waals surface area contributed by atoms with Crippen molar-refractivity contribution in [3.8, 4) is 6.07 Å². The highest BCUT2D eigenvalue weighted by atomic mass is 35.5. The van der Waals surface area contributed by atoms with Crippen LogP contribution in [0.5, 0.6) is 0 Å². The fourth-order valence-corrected chi connectivity index (χ4v) is 4.41. The van der Waals surface area contributed by atoms with E-state index in [-0.39, 0.29) is 6.61 Å². The first kappa shape index (κ1) is 22.2. The number of allylic oxidation sites excluding steroid dienone is 1. The van der Waals surface area contributed by atoms with Crippen molar-refractivity contribution >= 4 is 46.1 Å². The van der Waals surface area contributed by atoms with Crippen molar-refractivity contribution in [3.05, 3.63) is 80.5 Å². The van der Waals surface area contributed by atoms with E-state index < -0.39 is 12.0 Å². The van der Waals surface area contributed by atoms with Crippen molar-refractivity contribution in [3.63, 3.8) is 0 Å². The minimum Gasteiger partial charge on any atom is -0.463 e. The summed E-state index contributed by atoms with van der Waals surface area (Å²) in [7, 11) is 0. The smallest absolute Gasteiger partial charge is 0.338 e. The van der Waals surface area contributed by atoms with Crippen LogP contribution in [0.3, 0.4) is 0 Å². The van der Waals surface area contributed by atoms with Crippen LogP contribution in [0.4, 0.5) is 0 Å². The molecule has 1 N–H and O–H groups in total. The second kappa shape index (κ2) is 10.0. The van der Waals surface area contributed by atoms with Crippen LogP contribution in [0.25, 0.3) is 0 Å². The summed E-state index contributed by atoms with van der Waals surface area (Å²) in [6, 6.07) is 14.2. The monoisotopic (exact) mass is 459 g/mol. The maximum atomic E-state index is 12.6. The Balaban J connectivity index is 1.96. The van der Waals surface area contributed by atoms with Gasteiger partial charge in [0, 0.05) is 17.0 Å². The first-order valence-corrected chi connectivity index (χ1v) is 11.0. The number of benzene rings is 2. The third kappa shape index (κ3) is 4.81. The van der Waals surface area contributed by atoms with E-state index in [4.69, 9.17) is 32.9 Å². The van der Waals surface area contributed by atoms with Gasteiger partial charge in [0.25, 0.3) is 0 Å². The molecule has 0 saturated heterocycles. The van der Waals surface area contributed by atoms with E-state index in [1.165, 1.54) is 11.8 Å². The summed E-state index contributed by atoms with van der Waals surface area (Å²) in [5, 5.41) is 13.8. The van der Waals surface area contributed by atoms with Crippen molar-refractivity contribution in [2.75, 3.05) is 6.61 Å². The molecule has 0 saturated carbocycles. The molecule has 3 rings (SSSR count). The highest BCUT2D eigenvalue weighted by Crippen LogP contribution is 2.39. The predicted octanol–water partition coefficient (Wildman–Crippen LogP) is 5.64. The summed E-state index contributed by atoms with van der Waals surface area (Å²) in [5.74, 6) is 0.0966. The van der Waals surface area contributed by atoms with Gasteiger partial charge in [0.05, 0.1) is 33.9 Å². The first-order valence-electron chi connectivity index (χ1n) is 9.23. The summed E-state index contributed by atoms with van der Waals surface area (Å²) >= 11 is 14.1. The molecule has 0 spiro atoms. The molecular weight excluding hydrogens is 441 g/mol. The maximum Gasteiger partial charge on any atom is 0.338 e. The Hall–Kier alpha value is -2.46. The molecule has 0 amide bonds. The molecule has 0 bridgehead atoms. The number of nitrogens with zero attached hydrogens (tertiary/aromatic N) is 2. The highest BCUT2D eigenvalue weighted by molar-refractivity contribution is 8.13. The van der Waals surface area contributed by atoms with E-state index in [0.717, 1.165) is 5.56 Å². The largest absolute Gasteiger partial charge is 0.463 e. The summed E-state index contributed by atoms with van der Waals surface area (Å²) in [6.45, 7) is 3.81. The normalized spacial score (nSPS) is 15.8. The lowest BCUT2D eigenvalue weighted by molar-refractivity contribution is -0.138. The number of rotatable bonds is 5. The van der Waals surface area contributed by atoms with Crippen molar-refractivity contribution in [1.29, 1.82) is 5.26 Å². The van der Waals surface area contributed by atoms with Crippen LogP contribution >= 0.6 is 35.0 Å². The second-order valence-corrected chi connectivity index (χ2v) is 8.17. The number of nitrogens with one attached hydrogen (secondary N) is 1. The van der Waals surface area contributed by atoms with Crippen molar-refractivity contribution in [2.45, 2.75) is 25.6 Å². The molecule has 1 heterocycles. The molecule has 30 heavy (non-hydrogen) atoms. The Labute approximate surface area is 189 Å². The molecule has 5 nitrogen and oxygen atoms in total. The molecule has 1 aliphatic rings. The first-order chi connectivity index (χ1) is 14.5. The fourth-order valence-electron chi connectivity index (χ4n) is 3.05. The van der Waals surface area contributed by atoms with Crippen LogP contribution in [0.2, 0.25) is 10.0 Å². The number of esters is 1. The molecule has 1 aliphatic heterocycles. The van der Waals surface area contributed by atoms with E-state index in [9.17, 15) is 10.1 Å². The van der Waals surface area contributed by atoms with Crippen LogP contribution < -0.4 is 5.32 Å². The summed E-state index contributed by atoms with van der Waals surface area (Å²) in [5.41, 5.74) is 3.19. The van der Waals surface area contributed by atoms with E-state index in [0.29, 0.717) is 43.4 Å². The molecule has 0 aromatic heterocycles. The van der Waals surface area contributed by atoms with E-state index >= 15 is 0 Å². The zero-order chi connectivity index (χ0) is 21.7. The lowest BCUT2D eigenvalue weighted by Crippen LogP contribution is -2.30. The molecule has 0 aliphatic carbocycles. The van der Waals surface area contributed by atoms with E-state index in [2.05, 4.69) is 11.4 Å². The second-order valence-electron chi connectivity index (χ2n) is 6.42. The molecule has 0 unspecified atom stereocenters. The van der Waals surface area contributed by atoms with Crippen LogP contribution in [0.15, 0.2) is 58.7 Å². The van der Waals surface area contributed by atoms with E-state index in [1.807, 2.05) is 18.2 Å². The van der Waals surface area contributed by atoms with Gasteiger partial charge < -0.3 is 10.1 Å². The average molecular weight is 460 g/mol. The molecule has 0 radical (unpaired) electrons. The third-order valence-electron chi connectivity index (χ3n) is 4.49.